The number of rotatable bonds is 7. The summed E-state index contributed by atoms with van der Waals surface area (Å²) in [7, 11) is 0. The largest absolute Gasteiger partial charge is 0.368 e. The van der Waals surface area contributed by atoms with Crippen molar-refractivity contribution < 1.29 is 13.6 Å². The average Bonchev–Trinajstić information content (AvgIpc) is 3.33. The lowest BCUT2D eigenvalue weighted by Crippen LogP contribution is -2.30. The molecule has 1 aliphatic heterocycles. The van der Waals surface area contributed by atoms with Crippen LogP contribution in [0, 0.1) is 25.5 Å². The Balaban J connectivity index is 1.46. The normalized spacial score (nSPS) is 14.3. The fourth-order valence-electron chi connectivity index (χ4n) is 3.79. The molecule has 0 spiro atoms. The highest BCUT2D eigenvalue weighted by Gasteiger charge is 2.19. The number of likely N-dealkylation sites (tertiary alicyclic amines) is 1. The van der Waals surface area contributed by atoms with Gasteiger partial charge in [-0.05, 0) is 57.5 Å². The Labute approximate surface area is 183 Å². The number of carbonyl (C=O) groups excluding carboxylic acids is 1. The van der Waals surface area contributed by atoms with E-state index in [0.717, 1.165) is 52.6 Å². The minimum absolute atomic E-state index is 0.196. The molecule has 1 fully saturated rings. The van der Waals surface area contributed by atoms with Gasteiger partial charge in [0.25, 0.3) is 5.91 Å². The zero-order valence-corrected chi connectivity index (χ0v) is 18.4. The standard InChI is InChI=1S/C22H25F2N5OS/c1-13-14(2)31-22-18(13)20(27-17(28-22)12-29-10-3-4-11-29)25-8-9-26-21(30)19-15(23)6-5-7-16(19)24/h5-7H,3-4,8-12H2,1-2H3,(H,26,30)(H,25,27,28). The summed E-state index contributed by atoms with van der Waals surface area (Å²) >= 11 is 1.65. The first kappa shape index (κ1) is 21.6. The lowest BCUT2D eigenvalue weighted by atomic mass is 10.2. The van der Waals surface area contributed by atoms with Crippen LogP contribution in [0.15, 0.2) is 18.2 Å². The fraction of sp³-hybridized carbons (Fsp3) is 0.409. The van der Waals surface area contributed by atoms with Crippen LogP contribution < -0.4 is 10.6 Å². The number of hydrogen-bond acceptors (Lipinski definition) is 6. The highest BCUT2D eigenvalue weighted by atomic mass is 32.1. The number of nitrogens with zero attached hydrogens (tertiary/aromatic N) is 3. The molecule has 9 heteroatoms. The molecule has 2 aromatic heterocycles. The number of anilines is 1. The average molecular weight is 446 g/mol. The number of nitrogens with one attached hydrogen (secondary N) is 2. The molecule has 6 nitrogen and oxygen atoms in total. The summed E-state index contributed by atoms with van der Waals surface area (Å²) in [5.41, 5.74) is 0.566. The number of amides is 1. The van der Waals surface area contributed by atoms with Crippen LogP contribution in [0.4, 0.5) is 14.6 Å². The van der Waals surface area contributed by atoms with Crippen molar-refractivity contribution in [1.82, 2.24) is 20.2 Å². The van der Waals surface area contributed by atoms with Crippen molar-refractivity contribution in [2.24, 2.45) is 0 Å². The van der Waals surface area contributed by atoms with Gasteiger partial charge in [0.15, 0.2) is 0 Å². The third-order valence-corrected chi connectivity index (χ3v) is 6.63. The smallest absolute Gasteiger partial charge is 0.257 e. The van der Waals surface area contributed by atoms with Gasteiger partial charge in [-0.15, -0.1) is 11.3 Å². The number of fused-ring (bicyclic) bond motifs is 1. The van der Waals surface area contributed by atoms with Gasteiger partial charge in [-0.1, -0.05) is 6.07 Å². The first-order valence-electron chi connectivity index (χ1n) is 10.4. The molecule has 0 saturated carbocycles. The Morgan fingerprint density at radius 1 is 1.13 bits per heavy atom. The van der Waals surface area contributed by atoms with Crippen molar-refractivity contribution in [3.63, 3.8) is 0 Å². The zero-order chi connectivity index (χ0) is 22.0. The van der Waals surface area contributed by atoms with E-state index < -0.39 is 23.1 Å². The molecule has 0 unspecified atom stereocenters. The molecular formula is C22H25F2N5OS. The Hall–Kier alpha value is -2.65. The summed E-state index contributed by atoms with van der Waals surface area (Å²) in [6, 6.07) is 3.36. The molecule has 1 aromatic carbocycles. The number of benzene rings is 1. The molecular weight excluding hydrogens is 420 g/mol. The maximum absolute atomic E-state index is 13.8. The number of carbonyl (C=O) groups is 1. The van der Waals surface area contributed by atoms with E-state index in [0.29, 0.717) is 13.1 Å². The molecule has 4 rings (SSSR count). The highest BCUT2D eigenvalue weighted by molar-refractivity contribution is 7.18. The molecule has 3 heterocycles. The van der Waals surface area contributed by atoms with Crippen molar-refractivity contribution in [3.8, 4) is 0 Å². The number of aryl methyl sites for hydroxylation is 2. The summed E-state index contributed by atoms with van der Waals surface area (Å²) in [6.45, 7) is 7.51. The van der Waals surface area contributed by atoms with Gasteiger partial charge in [-0.2, -0.15) is 0 Å². The van der Waals surface area contributed by atoms with E-state index in [1.807, 2.05) is 6.92 Å². The molecule has 1 amide bonds. The minimum atomic E-state index is -0.876. The fourth-order valence-corrected chi connectivity index (χ4v) is 4.84. The second-order valence-electron chi connectivity index (χ2n) is 7.71. The van der Waals surface area contributed by atoms with Gasteiger partial charge in [0.1, 0.15) is 33.7 Å². The molecule has 0 radical (unpaired) electrons. The molecule has 0 bridgehead atoms. The number of halogens is 2. The van der Waals surface area contributed by atoms with E-state index in [1.165, 1.54) is 23.8 Å². The third kappa shape index (κ3) is 4.67. The lowest BCUT2D eigenvalue weighted by Gasteiger charge is -2.15. The Morgan fingerprint density at radius 2 is 1.84 bits per heavy atom. The Bertz CT molecular complexity index is 1090. The van der Waals surface area contributed by atoms with Crippen molar-refractivity contribution in [2.75, 3.05) is 31.5 Å². The van der Waals surface area contributed by atoms with E-state index in [4.69, 9.17) is 9.97 Å². The molecule has 0 atom stereocenters. The number of hydrogen-bond donors (Lipinski definition) is 2. The first-order chi connectivity index (χ1) is 14.9. The van der Waals surface area contributed by atoms with Gasteiger partial charge in [0.2, 0.25) is 0 Å². The van der Waals surface area contributed by atoms with Crippen LogP contribution in [-0.4, -0.2) is 47.0 Å². The second kappa shape index (κ2) is 9.23. The van der Waals surface area contributed by atoms with Gasteiger partial charge >= 0.3 is 0 Å². The van der Waals surface area contributed by atoms with Crippen LogP contribution in [0.3, 0.4) is 0 Å². The predicted octanol–water partition coefficient (Wildman–Crippen LogP) is 4.02. The molecule has 164 valence electrons. The van der Waals surface area contributed by atoms with E-state index in [1.54, 1.807) is 11.3 Å². The summed E-state index contributed by atoms with van der Waals surface area (Å²) < 4.78 is 27.5. The quantitative estimate of drug-likeness (QED) is 0.538. The molecule has 2 N–H and O–H groups in total. The van der Waals surface area contributed by atoms with Crippen LogP contribution in [-0.2, 0) is 6.54 Å². The maximum Gasteiger partial charge on any atom is 0.257 e. The molecule has 3 aromatic rings. The van der Waals surface area contributed by atoms with Gasteiger partial charge in [0, 0.05) is 18.0 Å². The van der Waals surface area contributed by atoms with E-state index in [9.17, 15) is 13.6 Å². The number of aromatic nitrogens is 2. The van der Waals surface area contributed by atoms with Gasteiger partial charge in [-0.3, -0.25) is 9.69 Å². The summed E-state index contributed by atoms with van der Waals surface area (Å²) in [5.74, 6) is -1.02. The molecule has 1 saturated heterocycles. The van der Waals surface area contributed by atoms with E-state index in [2.05, 4.69) is 22.5 Å². The van der Waals surface area contributed by atoms with Crippen LogP contribution in [0.25, 0.3) is 10.2 Å². The van der Waals surface area contributed by atoms with Crippen molar-refractivity contribution >= 4 is 33.3 Å². The molecule has 0 aliphatic carbocycles. The zero-order valence-electron chi connectivity index (χ0n) is 17.6. The monoisotopic (exact) mass is 445 g/mol. The number of thiophene rings is 1. The summed E-state index contributed by atoms with van der Waals surface area (Å²) in [6.07, 6.45) is 2.40. The van der Waals surface area contributed by atoms with E-state index in [-0.39, 0.29) is 6.54 Å². The molecule has 1 aliphatic rings. The lowest BCUT2D eigenvalue weighted by molar-refractivity contribution is 0.0946. The second-order valence-corrected chi connectivity index (χ2v) is 8.92. The summed E-state index contributed by atoms with van der Waals surface area (Å²) in [4.78, 5) is 26.2. The Kier molecular flexibility index (Phi) is 6.43. The van der Waals surface area contributed by atoms with Gasteiger partial charge in [-0.25, -0.2) is 18.7 Å². The minimum Gasteiger partial charge on any atom is -0.368 e. The maximum atomic E-state index is 13.8. The van der Waals surface area contributed by atoms with Gasteiger partial charge in [0.05, 0.1) is 11.9 Å². The Morgan fingerprint density at radius 3 is 2.55 bits per heavy atom. The van der Waals surface area contributed by atoms with E-state index >= 15 is 0 Å². The first-order valence-corrected chi connectivity index (χ1v) is 11.2. The van der Waals surface area contributed by atoms with Crippen LogP contribution in [0.5, 0.6) is 0 Å². The topological polar surface area (TPSA) is 70.2 Å². The summed E-state index contributed by atoms with van der Waals surface area (Å²) in [5, 5.41) is 6.82. The van der Waals surface area contributed by atoms with Crippen molar-refractivity contribution in [1.29, 1.82) is 0 Å². The van der Waals surface area contributed by atoms with Crippen LogP contribution in [0.1, 0.15) is 39.5 Å². The molecule has 31 heavy (non-hydrogen) atoms. The van der Waals surface area contributed by atoms with Gasteiger partial charge < -0.3 is 10.6 Å². The van der Waals surface area contributed by atoms with Crippen LogP contribution in [0.2, 0.25) is 0 Å². The third-order valence-electron chi connectivity index (χ3n) is 5.53. The van der Waals surface area contributed by atoms with Crippen LogP contribution >= 0.6 is 11.3 Å². The SMILES string of the molecule is Cc1sc2nc(CN3CCCC3)nc(NCCNC(=O)c3c(F)cccc3F)c2c1C. The van der Waals surface area contributed by atoms with Crippen molar-refractivity contribution in [3.05, 3.63) is 51.7 Å². The predicted molar refractivity (Wildman–Crippen MR) is 119 cm³/mol. The highest BCUT2D eigenvalue weighted by Crippen LogP contribution is 2.33. The van der Waals surface area contributed by atoms with Crippen molar-refractivity contribution in [2.45, 2.75) is 33.2 Å².